The second-order valence-electron chi connectivity index (χ2n) is 5.02. The lowest BCUT2D eigenvalue weighted by Crippen LogP contribution is -2.31. The molecule has 1 amide bonds. The lowest BCUT2D eigenvalue weighted by molar-refractivity contribution is -0.385. The van der Waals surface area contributed by atoms with Gasteiger partial charge in [0.2, 0.25) is 0 Å². The first kappa shape index (κ1) is 14.2. The number of anilines is 1. The van der Waals surface area contributed by atoms with Crippen LogP contribution in [-0.2, 0) is 0 Å². The zero-order valence-corrected chi connectivity index (χ0v) is 11.2. The van der Waals surface area contributed by atoms with E-state index in [1.165, 1.54) is 6.07 Å². The Morgan fingerprint density at radius 3 is 2.85 bits per heavy atom. The summed E-state index contributed by atoms with van der Waals surface area (Å²) in [7, 11) is 0. The van der Waals surface area contributed by atoms with Gasteiger partial charge in [-0.05, 0) is 25.8 Å². The topological polar surface area (TPSA) is 128 Å². The van der Waals surface area contributed by atoms with Crippen molar-refractivity contribution < 1.29 is 9.72 Å². The summed E-state index contributed by atoms with van der Waals surface area (Å²) in [6, 6.07) is 1.34. The molecule has 1 aliphatic heterocycles. The van der Waals surface area contributed by atoms with E-state index in [0.29, 0.717) is 24.8 Å². The Bertz CT molecular complexity index is 548. The van der Waals surface area contributed by atoms with Crippen molar-refractivity contribution in [3.05, 3.63) is 27.9 Å². The minimum Gasteiger partial charge on any atom is -0.365 e. The highest BCUT2D eigenvalue weighted by atomic mass is 16.6. The van der Waals surface area contributed by atoms with Crippen molar-refractivity contribution in [3.8, 4) is 0 Å². The molecule has 2 heterocycles. The van der Waals surface area contributed by atoms with Gasteiger partial charge in [0.25, 0.3) is 11.6 Å². The summed E-state index contributed by atoms with van der Waals surface area (Å²) >= 11 is 0. The van der Waals surface area contributed by atoms with Gasteiger partial charge < -0.3 is 16.4 Å². The van der Waals surface area contributed by atoms with E-state index in [0.717, 1.165) is 12.6 Å². The van der Waals surface area contributed by atoms with E-state index in [2.05, 4.69) is 4.98 Å². The monoisotopic (exact) mass is 279 g/mol. The third kappa shape index (κ3) is 2.55. The molecule has 8 heteroatoms. The first-order valence-electron chi connectivity index (χ1n) is 6.35. The van der Waals surface area contributed by atoms with Crippen LogP contribution in [0, 0.1) is 16.0 Å². The molecule has 1 aromatic rings. The van der Waals surface area contributed by atoms with Crippen molar-refractivity contribution in [1.29, 1.82) is 0 Å². The molecule has 8 nitrogen and oxygen atoms in total. The van der Waals surface area contributed by atoms with E-state index < -0.39 is 10.8 Å². The first-order chi connectivity index (χ1) is 9.43. The van der Waals surface area contributed by atoms with Crippen LogP contribution in [0.5, 0.6) is 0 Å². The Morgan fingerprint density at radius 2 is 2.35 bits per heavy atom. The predicted octanol–water partition coefficient (Wildman–Crippen LogP) is 0.262. The molecule has 2 rings (SSSR count). The third-order valence-electron chi connectivity index (χ3n) is 3.60. The summed E-state index contributed by atoms with van der Waals surface area (Å²) in [5.74, 6) is -0.00568. The fourth-order valence-electron chi connectivity index (χ4n) is 2.56. The molecule has 1 aliphatic rings. The zero-order valence-electron chi connectivity index (χ0n) is 11.2. The van der Waals surface area contributed by atoms with E-state index in [4.69, 9.17) is 11.5 Å². The van der Waals surface area contributed by atoms with Crippen molar-refractivity contribution in [2.45, 2.75) is 19.4 Å². The summed E-state index contributed by atoms with van der Waals surface area (Å²) in [4.78, 5) is 27.7. The molecule has 2 unspecified atom stereocenters. The average molecular weight is 279 g/mol. The van der Waals surface area contributed by atoms with E-state index in [1.54, 1.807) is 0 Å². The summed E-state index contributed by atoms with van der Waals surface area (Å²) < 4.78 is 0. The number of hydrogen-bond donors (Lipinski definition) is 2. The van der Waals surface area contributed by atoms with E-state index >= 15 is 0 Å². The lowest BCUT2D eigenvalue weighted by Gasteiger charge is -2.24. The minimum absolute atomic E-state index is 0.0729. The second-order valence-corrected chi connectivity index (χ2v) is 5.02. The number of hydrogen-bond acceptors (Lipinski definition) is 6. The Balaban J connectivity index is 2.41. The smallest absolute Gasteiger partial charge is 0.288 e. The maximum absolute atomic E-state index is 11.5. The maximum atomic E-state index is 11.5. The van der Waals surface area contributed by atoms with Gasteiger partial charge in [0, 0.05) is 18.7 Å². The van der Waals surface area contributed by atoms with Crippen molar-refractivity contribution in [1.82, 2.24) is 4.98 Å². The lowest BCUT2D eigenvalue weighted by atomic mass is 10.1. The van der Waals surface area contributed by atoms with Crippen LogP contribution in [0.25, 0.3) is 0 Å². The van der Waals surface area contributed by atoms with Crippen LogP contribution in [-0.4, -0.2) is 34.9 Å². The number of nitro groups is 1. The Hall–Kier alpha value is -2.22. The zero-order chi connectivity index (χ0) is 14.9. The summed E-state index contributed by atoms with van der Waals surface area (Å²) in [6.07, 6.45) is 2.04. The van der Waals surface area contributed by atoms with Gasteiger partial charge in [-0.15, -0.1) is 0 Å². The van der Waals surface area contributed by atoms with Crippen molar-refractivity contribution >= 4 is 17.4 Å². The Kier molecular flexibility index (Phi) is 3.84. The maximum Gasteiger partial charge on any atom is 0.288 e. The molecule has 0 bridgehead atoms. The van der Waals surface area contributed by atoms with E-state index in [-0.39, 0.29) is 17.3 Å². The summed E-state index contributed by atoms with van der Waals surface area (Å²) in [5, 5.41) is 10.8. The van der Waals surface area contributed by atoms with Crippen LogP contribution < -0.4 is 16.4 Å². The molecule has 20 heavy (non-hydrogen) atoms. The number of carbonyl (C=O) groups excluding carboxylic acids is 1. The molecule has 108 valence electrons. The number of primary amides is 1. The van der Waals surface area contributed by atoms with Gasteiger partial charge in [-0.1, -0.05) is 0 Å². The summed E-state index contributed by atoms with van der Waals surface area (Å²) in [5.41, 5.74) is 10.8. The van der Waals surface area contributed by atoms with Crippen molar-refractivity contribution in [2.24, 2.45) is 17.4 Å². The van der Waals surface area contributed by atoms with Crippen LogP contribution in [0.2, 0.25) is 0 Å². The van der Waals surface area contributed by atoms with Crippen molar-refractivity contribution in [3.63, 3.8) is 0 Å². The Morgan fingerprint density at radius 1 is 1.65 bits per heavy atom. The SMILES string of the molecule is CC1CC(CN)CN1c1ncc([N+](=O)[O-])cc1C(N)=O. The molecule has 0 spiro atoms. The quantitative estimate of drug-likeness (QED) is 0.601. The standard InChI is InChI=1S/C12H17N5O3/c1-7-2-8(4-13)6-16(7)12-10(11(14)18)3-9(5-15-12)17(19)20/h3,5,7-8H,2,4,6,13H2,1H3,(H2,14,18). The van der Waals surface area contributed by atoms with Gasteiger partial charge in [-0.2, -0.15) is 0 Å². The van der Waals surface area contributed by atoms with Gasteiger partial charge >= 0.3 is 0 Å². The number of carbonyl (C=O) groups is 1. The van der Waals surface area contributed by atoms with Crippen LogP contribution >= 0.6 is 0 Å². The molecular weight excluding hydrogens is 262 g/mol. The van der Waals surface area contributed by atoms with E-state index in [9.17, 15) is 14.9 Å². The molecule has 0 aromatic carbocycles. The second kappa shape index (κ2) is 5.41. The molecule has 0 radical (unpaired) electrons. The number of rotatable bonds is 4. The van der Waals surface area contributed by atoms with E-state index in [1.807, 2.05) is 11.8 Å². The van der Waals surface area contributed by atoms with Gasteiger partial charge in [0.1, 0.15) is 12.0 Å². The highest BCUT2D eigenvalue weighted by molar-refractivity contribution is 5.98. The van der Waals surface area contributed by atoms with Gasteiger partial charge in [-0.25, -0.2) is 4.98 Å². The molecule has 1 saturated heterocycles. The largest absolute Gasteiger partial charge is 0.365 e. The van der Waals surface area contributed by atoms with Crippen LogP contribution in [0.15, 0.2) is 12.3 Å². The average Bonchev–Trinajstić information content (AvgIpc) is 2.79. The number of nitrogens with two attached hydrogens (primary N) is 2. The molecule has 0 aliphatic carbocycles. The number of aromatic nitrogens is 1. The van der Waals surface area contributed by atoms with Crippen LogP contribution in [0.3, 0.4) is 0 Å². The molecule has 1 aromatic heterocycles. The first-order valence-corrected chi connectivity index (χ1v) is 6.35. The molecular formula is C12H17N5O3. The molecule has 2 atom stereocenters. The number of pyridine rings is 1. The molecule has 1 fully saturated rings. The van der Waals surface area contributed by atoms with Gasteiger partial charge in [-0.3, -0.25) is 14.9 Å². The normalized spacial score (nSPS) is 22.0. The van der Waals surface area contributed by atoms with Gasteiger partial charge in [0.15, 0.2) is 0 Å². The Labute approximate surface area is 115 Å². The third-order valence-corrected chi connectivity index (χ3v) is 3.60. The molecule has 4 N–H and O–H groups in total. The van der Waals surface area contributed by atoms with Gasteiger partial charge in [0.05, 0.1) is 10.5 Å². The summed E-state index contributed by atoms with van der Waals surface area (Å²) in [6.45, 7) is 3.23. The fourth-order valence-corrected chi connectivity index (χ4v) is 2.56. The molecule has 0 saturated carbocycles. The van der Waals surface area contributed by atoms with Crippen molar-refractivity contribution in [2.75, 3.05) is 18.0 Å². The van der Waals surface area contributed by atoms with Crippen LogP contribution in [0.4, 0.5) is 11.5 Å². The minimum atomic E-state index is -0.723. The number of nitrogens with zero attached hydrogens (tertiary/aromatic N) is 3. The predicted molar refractivity (Wildman–Crippen MR) is 73.4 cm³/mol. The highest BCUT2D eigenvalue weighted by Gasteiger charge is 2.32. The van der Waals surface area contributed by atoms with Crippen LogP contribution in [0.1, 0.15) is 23.7 Å². The highest BCUT2D eigenvalue weighted by Crippen LogP contribution is 2.30. The number of amides is 1. The fraction of sp³-hybridized carbons (Fsp3) is 0.500.